The maximum absolute atomic E-state index is 12.5. The topological polar surface area (TPSA) is 129 Å². The molecule has 5 aromatic carbocycles. The van der Waals surface area contributed by atoms with E-state index in [0.29, 0.717) is 17.9 Å². The van der Waals surface area contributed by atoms with Crippen molar-refractivity contribution in [2.24, 2.45) is 0 Å². The number of esters is 2. The summed E-state index contributed by atoms with van der Waals surface area (Å²) in [5.74, 6) is -0.762. The number of amides is 2. The maximum Gasteiger partial charge on any atom is 0.407 e. The van der Waals surface area contributed by atoms with Crippen molar-refractivity contribution in [3.8, 4) is 11.1 Å². The summed E-state index contributed by atoms with van der Waals surface area (Å²) >= 11 is 9.51. The lowest BCUT2D eigenvalue weighted by Gasteiger charge is -2.23. The van der Waals surface area contributed by atoms with Crippen molar-refractivity contribution < 1.29 is 38.1 Å². The number of hydrogen-bond donors (Lipinski definition) is 2. The molecule has 0 heterocycles. The minimum atomic E-state index is -0.638. The van der Waals surface area contributed by atoms with Gasteiger partial charge in [-0.15, -0.1) is 0 Å². The molecule has 0 unspecified atom stereocenters. The van der Waals surface area contributed by atoms with Crippen LogP contribution in [0.25, 0.3) is 11.1 Å². The van der Waals surface area contributed by atoms with E-state index >= 15 is 0 Å². The molecule has 328 valence electrons. The van der Waals surface area contributed by atoms with E-state index in [1.165, 1.54) is 0 Å². The number of nitrogens with one attached hydrogen (secondary N) is 2. The highest BCUT2D eigenvalue weighted by molar-refractivity contribution is 9.10. The Balaban J connectivity index is 0.000000278. The second-order valence-electron chi connectivity index (χ2n) is 16.6. The quantitative estimate of drug-likeness (QED) is 0.0784. The molecule has 0 aliphatic rings. The van der Waals surface area contributed by atoms with E-state index < -0.39 is 35.5 Å². The van der Waals surface area contributed by atoms with E-state index in [0.717, 1.165) is 37.9 Å². The molecule has 2 N–H and O–H groups in total. The summed E-state index contributed by atoms with van der Waals surface area (Å²) in [5, 5.41) is 6.30. The van der Waals surface area contributed by atoms with Gasteiger partial charge in [0.05, 0.1) is 12.8 Å². The predicted molar refractivity (Wildman–Crippen MR) is 246 cm³/mol. The lowest BCUT2D eigenvalue weighted by atomic mass is 9.99. The van der Waals surface area contributed by atoms with Gasteiger partial charge in [-0.25, -0.2) is 9.59 Å². The van der Waals surface area contributed by atoms with E-state index in [9.17, 15) is 19.2 Å². The van der Waals surface area contributed by atoms with Crippen LogP contribution in [-0.2, 0) is 54.6 Å². The Labute approximate surface area is 378 Å². The molecule has 12 heteroatoms. The first kappa shape index (κ1) is 49.0. The third-order valence-corrected chi connectivity index (χ3v) is 9.51. The van der Waals surface area contributed by atoms with Gasteiger partial charge in [0.2, 0.25) is 0 Å². The Hall–Kier alpha value is -5.65. The van der Waals surface area contributed by atoms with E-state index in [4.69, 9.17) is 30.5 Å². The molecule has 0 spiro atoms. The van der Waals surface area contributed by atoms with Gasteiger partial charge in [-0.2, -0.15) is 0 Å². The van der Waals surface area contributed by atoms with Crippen LogP contribution < -0.4 is 10.6 Å². The Morgan fingerprint density at radius 3 is 1.35 bits per heavy atom. The van der Waals surface area contributed by atoms with Gasteiger partial charge < -0.3 is 29.6 Å². The zero-order valence-corrected chi connectivity index (χ0v) is 38.5. The summed E-state index contributed by atoms with van der Waals surface area (Å²) in [7, 11) is 0. The summed E-state index contributed by atoms with van der Waals surface area (Å²) < 4.78 is 22.5. The second-order valence-corrected chi connectivity index (χ2v) is 18.0. The van der Waals surface area contributed by atoms with Crippen LogP contribution in [0.1, 0.15) is 76.6 Å². The predicted octanol–water partition coefficient (Wildman–Crippen LogP) is 11.6. The van der Waals surface area contributed by atoms with Crippen LogP contribution in [0.5, 0.6) is 0 Å². The van der Waals surface area contributed by atoms with Gasteiger partial charge in [0.15, 0.2) is 0 Å². The van der Waals surface area contributed by atoms with E-state index in [2.05, 4.69) is 26.6 Å². The standard InChI is InChI=1S/C28H30ClNO4.C22H26BrNO4/c1-28(2,3)34-27(32)30-25(18-26(31)33-19-21-8-5-4-6-9-21)16-20-12-14-22(15-13-20)23-10-7-11-24(29)17-23;1-22(2,3)28-21(26)24-19(13-16-9-11-18(23)12-10-16)14-20(25)27-15-17-7-5-4-6-8-17/h4-15,17,25H,16,18-19H2,1-3H3,(H,30,32);4-12,19H,13-15H2,1-3H3,(H,24,26)/t25-;19-/m11/s1. The van der Waals surface area contributed by atoms with E-state index in [-0.39, 0.29) is 38.0 Å². The lowest BCUT2D eigenvalue weighted by molar-refractivity contribution is -0.146. The summed E-state index contributed by atoms with van der Waals surface area (Å²) in [6, 6.07) is 41.4. The van der Waals surface area contributed by atoms with Gasteiger partial charge in [-0.1, -0.05) is 137 Å². The number of carbonyl (C=O) groups is 4. The van der Waals surface area contributed by atoms with E-state index in [1.54, 1.807) is 41.5 Å². The lowest BCUT2D eigenvalue weighted by Crippen LogP contribution is -2.41. The van der Waals surface area contributed by atoms with Crippen molar-refractivity contribution in [1.82, 2.24) is 10.6 Å². The minimum Gasteiger partial charge on any atom is -0.461 e. The molecule has 0 aromatic heterocycles. The summed E-state index contributed by atoms with van der Waals surface area (Å²) in [6.45, 7) is 11.2. The molecule has 5 aromatic rings. The Morgan fingerprint density at radius 1 is 0.532 bits per heavy atom. The fourth-order valence-corrected chi connectivity index (χ4v) is 6.44. The molecular formula is C50H56BrClN2O8. The van der Waals surface area contributed by atoms with Crippen LogP contribution in [0.15, 0.2) is 138 Å². The number of benzene rings is 5. The number of alkyl carbamates (subject to hydrolysis) is 2. The first-order chi connectivity index (χ1) is 29.4. The number of carbonyl (C=O) groups excluding carboxylic acids is 4. The third kappa shape index (κ3) is 19.8. The molecule has 0 fully saturated rings. The van der Waals surface area contributed by atoms with Crippen molar-refractivity contribution >= 4 is 51.7 Å². The van der Waals surface area contributed by atoms with Crippen molar-refractivity contribution in [1.29, 1.82) is 0 Å². The average molecular weight is 928 g/mol. The molecule has 2 atom stereocenters. The number of halogens is 2. The van der Waals surface area contributed by atoms with Gasteiger partial charge in [-0.3, -0.25) is 9.59 Å². The van der Waals surface area contributed by atoms with E-state index in [1.807, 2.05) is 133 Å². The number of ether oxygens (including phenoxy) is 4. The van der Waals surface area contributed by atoms with Crippen LogP contribution in [0.2, 0.25) is 5.02 Å². The molecular weight excluding hydrogens is 872 g/mol. The molecule has 0 radical (unpaired) electrons. The summed E-state index contributed by atoms with van der Waals surface area (Å²) in [4.78, 5) is 49.4. The summed E-state index contributed by atoms with van der Waals surface area (Å²) in [6.07, 6.45) is -0.0819. The van der Waals surface area contributed by atoms with Gasteiger partial charge in [0.25, 0.3) is 0 Å². The Bertz CT molecular complexity index is 2170. The van der Waals surface area contributed by atoms with Crippen LogP contribution >= 0.6 is 27.5 Å². The fourth-order valence-electron chi connectivity index (χ4n) is 5.98. The largest absolute Gasteiger partial charge is 0.461 e. The van der Waals surface area contributed by atoms with Crippen LogP contribution in [-0.4, -0.2) is 47.4 Å². The monoisotopic (exact) mass is 926 g/mol. The van der Waals surface area contributed by atoms with Crippen molar-refractivity contribution in [3.63, 3.8) is 0 Å². The molecule has 0 aliphatic carbocycles. The normalized spacial score (nSPS) is 12.1. The molecule has 0 aliphatic heterocycles. The maximum atomic E-state index is 12.5. The number of rotatable bonds is 15. The molecule has 0 bridgehead atoms. The van der Waals surface area contributed by atoms with Crippen LogP contribution in [0.4, 0.5) is 9.59 Å². The van der Waals surface area contributed by atoms with Crippen molar-refractivity contribution in [3.05, 3.63) is 165 Å². The minimum absolute atomic E-state index is 0.0299. The van der Waals surface area contributed by atoms with Gasteiger partial charge in [0, 0.05) is 21.6 Å². The first-order valence-electron chi connectivity index (χ1n) is 20.4. The fraction of sp³-hybridized carbons (Fsp3) is 0.320. The summed E-state index contributed by atoms with van der Waals surface area (Å²) in [5.41, 5.74) is 4.60. The highest BCUT2D eigenvalue weighted by atomic mass is 79.9. The van der Waals surface area contributed by atoms with Gasteiger partial charge in [-0.05, 0) is 112 Å². The third-order valence-electron chi connectivity index (χ3n) is 8.74. The molecule has 5 rings (SSSR count). The zero-order valence-electron chi connectivity index (χ0n) is 36.1. The molecule has 0 saturated carbocycles. The van der Waals surface area contributed by atoms with Crippen LogP contribution in [0.3, 0.4) is 0 Å². The Kier molecular flexibility index (Phi) is 19.1. The Morgan fingerprint density at radius 2 is 0.952 bits per heavy atom. The van der Waals surface area contributed by atoms with Crippen molar-refractivity contribution in [2.45, 2.75) is 104 Å². The highest BCUT2D eigenvalue weighted by Crippen LogP contribution is 2.24. The SMILES string of the molecule is CC(C)(C)OC(=O)N[C@@H](CC(=O)OCc1ccccc1)Cc1ccc(-c2cccc(Cl)c2)cc1.CC(C)(C)OC(=O)N[C@@H](CC(=O)OCc1ccccc1)Cc1ccc(Br)cc1. The van der Waals surface area contributed by atoms with Gasteiger partial charge in [0.1, 0.15) is 24.4 Å². The van der Waals surface area contributed by atoms with Gasteiger partial charge >= 0.3 is 24.1 Å². The highest BCUT2D eigenvalue weighted by Gasteiger charge is 2.24. The smallest absolute Gasteiger partial charge is 0.407 e. The first-order valence-corrected chi connectivity index (χ1v) is 21.5. The average Bonchev–Trinajstić information content (AvgIpc) is 3.20. The zero-order chi connectivity index (χ0) is 45.1. The van der Waals surface area contributed by atoms with Crippen molar-refractivity contribution in [2.75, 3.05) is 0 Å². The molecule has 2 amide bonds. The molecule has 10 nitrogen and oxygen atoms in total. The second kappa shape index (κ2) is 24.1. The van der Waals surface area contributed by atoms with Crippen LogP contribution in [0, 0.1) is 0 Å². The number of hydrogen-bond acceptors (Lipinski definition) is 8. The molecule has 62 heavy (non-hydrogen) atoms. The molecule has 0 saturated heterocycles.